The first kappa shape index (κ1) is 14.7. The number of pyridine rings is 1. The highest BCUT2D eigenvalue weighted by Gasteiger charge is 2.32. The Morgan fingerprint density at radius 2 is 2.20 bits per heavy atom. The summed E-state index contributed by atoms with van der Waals surface area (Å²) in [6.45, 7) is 0.0724. The van der Waals surface area contributed by atoms with Crippen LogP contribution in [0.1, 0.15) is 36.0 Å². The predicted molar refractivity (Wildman–Crippen MR) is 71.7 cm³/mol. The van der Waals surface area contributed by atoms with Crippen molar-refractivity contribution in [2.45, 2.75) is 31.3 Å². The minimum Gasteiger partial charge on any atom is -0.388 e. The molecule has 8 heteroatoms. The normalized spacial score (nSPS) is 16.9. The van der Waals surface area contributed by atoms with Gasteiger partial charge in [-0.2, -0.15) is 0 Å². The van der Waals surface area contributed by atoms with Gasteiger partial charge in [0.1, 0.15) is 5.56 Å². The van der Waals surface area contributed by atoms with Crippen LogP contribution in [-0.2, 0) is 0 Å². The van der Waals surface area contributed by atoms with E-state index < -0.39 is 22.1 Å². The molecular weight excluding hydrogens is 286 g/mol. The lowest BCUT2D eigenvalue weighted by Crippen LogP contribution is -2.40. The minimum absolute atomic E-state index is 0.0724. The van der Waals surface area contributed by atoms with E-state index >= 15 is 0 Å². The molecule has 0 saturated heterocycles. The van der Waals surface area contributed by atoms with Crippen molar-refractivity contribution in [3.8, 4) is 0 Å². The summed E-state index contributed by atoms with van der Waals surface area (Å²) in [6.07, 6.45) is 4.29. The lowest BCUT2D eigenvalue weighted by atomic mass is 10.0. The molecule has 0 bridgehead atoms. The zero-order valence-corrected chi connectivity index (χ0v) is 11.4. The van der Waals surface area contributed by atoms with Crippen LogP contribution in [0.4, 0.5) is 5.69 Å². The standard InChI is InChI=1S/C12H14ClN3O4/c13-10-9(16(19)20)8(3-6-14-10)11(17)15-7-12(18)4-1-2-5-12/h3,6,18H,1-2,4-5,7H2,(H,15,17). The number of hydrogen-bond donors (Lipinski definition) is 2. The molecule has 108 valence electrons. The maximum atomic E-state index is 12.0. The maximum absolute atomic E-state index is 12.0. The number of carbonyl (C=O) groups is 1. The Bertz CT molecular complexity index is 544. The fraction of sp³-hybridized carbons (Fsp3) is 0.500. The SMILES string of the molecule is O=C(NCC1(O)CCCC1)c1ccnc(Cl)c1[N+](=O)[O-]. The molecule has 2 N–H and O–H groups in total. The molecule has 0 spiro atoms. The smallest absolute Gasteiger partial charge is 0.319 e. The Kier molecular flexibility index (Phi) is 4.20. The van der Waals surface area contributed by atoms with Crippen molar-refractivity contribution < 1.29 is 14.8 Å². The van der Waals surface area contributed by atoms with Gasteiger partial charge in [0, 0.05) is 12.7 Å². The lowest BCUT2D eigenvalue weighted by Gasteiger charge is -2.22. The molecule has 1 aromatic rings. The predicted octanol–water partition coefficient (Wildman–Crippen LogP) is 1.68. The largest absolute Gasteiger partial charge is 0.388 e. The average molecular weight is 300 g/mol. The van der Waals surface area contributed by atoms with E-state index in [1.54, 1.807) is 0 Å². The first-order valence-corrected chi connectivity index (χ1v) is 6.60. The van der Waals surface area contributed by atoms with E-state index in [1.807, 2.05) is 0 Å². The number of nitrogens with one attached hydrogen (secondary N) is 1. The van der Waals surface area contributed by atoms with Gasteiger partial charge in [-0.15, -0.1) is 0 Å². The number of amides is 1. The second-order valence-corrected chi connectivity index (χ2v) is 5.23. The van der Waals surface area contributed by atoms with Crippen LogP contribution >= 0.6 is 11.6 Å². The van der Waals surface area contributed by atoms with Crippen molar-refractivity contribution >= 4 is 23.2 Å². The van der Waals surface area contributed by atoms with Gasteiger partial charge in [-0.05, 0) is 18.9 Å². The van der Waals surface area contributed by atoms with E-state index in [0.717, 1.165) is 12.8 Å². The topological polar surface area (TPSA) is 105 Å². The molecule has 1 aliphatic rings. The second-order valence-electron chi connectivity index (χ2n) is 4.87. The summed E-state index contributed by atoms with van der Waals surface area (Å²) in [5.41, 5.74) is -1.59. The van der Waals surface area contributed by atoms with Gasteiger partial charge in [-0.3, -0.25) is 14.9 Å². The molecule has 1 saturated carbocycles. The fourth-order valence-corrected chi connectivity index (χ4v) is 2.56. The quantitative estimate of drug-likeness (QED) is 0.500. The molecule has 0 radical (unpaired) electrons. The van der Waals surface area contributed by atoms with Crippen LogP contribution in [0.25, 0.3) is 0 Å². The molecule has 1 aromatic heterocycles. The molecule has 1 heterocycles. The third-order valence-electron chi connectivity index (χ3n) is 3.42. The van der Waals surface area contributed by atoms with Crippen molar-refractivity contribution in [2.24, 2.45) is 0 Å². The average Bonchev–Trinajstić information content (AvgIpc) is 2.82. The van der Waals surface area contributed by atoms with E-state index in [1.165, 1.54) is 12.3 Å². The summed E-state index contributed by atoms with van der Waals surface area (Å²) in [7, 11) is 0. The summed E-state index contributed by atoms with van der Waals surface area (Å²) in [4.78, 5) is 25.8. The van der Waals surface area contributed by atoms with Crippen molar-refractivity contribution in [3.63, 3.8) is 0 Å². The van der Waals surface area contributed by atoms with Crippen molar-refractivity contribution in [1.29, 1.82) is 0 Å². The number of rotatable bonds is 4. The monoisotopic (exact) mass is 299 g/mol. The number of hydrogen-bond acceptors (Lipinski definition) is 5. The Labute approximate surface area is 120 Å². The van der Waals surface area contributed by atoms with Crippen LogP contribution in [0.2, 0.25) is 5.15 Å². The van der Waals surface area contributed by atoms with Crippen LogP contribution in [0.15, 0.2) is 12.3 Å². The van der Waals surface area contributed by atoms with E-state index in [4.69, 9.17) is 11.6 Å². The summed E-state index contributed by atoms with van der Waals surface area (Å²) in [5, 5.41) is 23.2. The van der Waals surface area contributed by atoms with Crippen LogP contribution in [-0.4, -0.2) is 33.1 Å². The van der Waals surface area contributed by atoms with Crippen LogP contribution in [0.3, 0.4) is 0 Å². The third kappa shape index (κ3) is 3.05. The van der Waals surface area contributed by atoms with E-state index in [2.05, 4.69) is 10.3 Å². The van der Waals surface area contributed by atoms with Gasteiger partial charge in [-0.1, -0.05) is 24.4 Å². The van der Waals surface area contributed by atoms with Gasteiger partial charge in [0.05, 0.1) is 10.5 Å². The Morgan fingerprint density at radius 3 is 2.80 bits per heavy atom. The maximum Gasteiger partial charge on any atom is 0.319 e. The first-order chi connectivity index (χ1) is 9.43. The van der Waals surface area contributed by atoms with E-state index in [9.17, 15) is 20.0 Å². The second kappa shape index (κ2) is 5.72. The van der Waals surface area contributed by atoms with Gasteiger partial charge in [0.25, 0.3) is 5.91 Å². The Morgan fingerprint density at radius 1 is 1.55 bits per heavy atom. The van der Waals surface area contributed by atoms with Gasteiger partial charge < -0.3 is 10.4 Å². The summed E-state index contributed by atoms with van der Waals surface area (Å²) in [6, 6.07) is 1.23. The van der Waals surface area contributed by atoms with E-state index in [-0.39, 0.29) is 17.3 Å². The zero-order chi connectivity index (χ0) is 14.8. The summed E-state index contributed by atoms with van der Waals surface area (Å²) >= 11 is 5.64. The minimum atomic E-state index is -0.915. The molecule has 1 aliphatic carbocycles. The zero-order valence-electron chi connectivity index (χ0n) is 10.6. The first-order valence-electron chi connectivity index (χ1n) is 6.22. The Balaban J connectivity index is 2.13. The molecule has 1 amide bonds. The number of halogens is 1. The highest BCUT2D eigenvalue weighted by Crippen LogP contribution is 2.29. The molecule has 0 aromatic carbocycles. The third-order valence-corrected chi connectivity index (χ3v) is 3.70. The van der Waals surface area contributed by atoms with Gasteiger partial charge in [0.15, 0.2) is 0 Å². The number of carbonyl (C=O) groups excluding carboxylic acids is 1. The molecule has 0 atom stereocenters. The van der Waals surface area contributed by atoms with Gasteiger partial charge in [-0.25, -0.2) is 4.98 Å². The molecular formula is C12H14ClN3O4. The molecule has 0 aliphatic heterocycles. The highest BCUT2D eigenvalue weighted by molar-refractivity contribution is 6.32. The number of nitro groups is 1. The molecule has 20 heavy (non-hydrogen) atoms. The number of nitrogens with zero attached hydrogens (tertiary/aromatic N) is 2. The lowest BCUT2D eigenvalue weighted by molar-refractivity contribution is -0.385. The summed E-state index contributed by atoms with van der Waals surface area (Å²) < 4.78 is 0. The molecule has 7 nitrogen and oxygen atoms in total. The molecule has 0 unspecified atom stereocenters. The van der Waals surface area contributed by atoms with Crippen LogP contribution in [0.5, 0.6) is 0 Å². The number of aromatic nitrogens is 1. The van der Waals surface area contributed by atoms with Crippen molar-refractivity contribution in [1.82, 2.24) is 10.3 Å². The summed E-state index contributed by atoms with van der Waals surface area (Å²) in [5.74, 6) is -0.638. The fourth-order valence-electron chi connectivity index (χ4n) is 2.34. The van der Waals surface area contributed by atoms with Crippen LogP contribution < -0.4 is 5.32 Å². The molecule has 1 fully saturated rings. The number of aliphatic hydroxyl groups is 1. The van der Waals surface area contributed by atoms with Crippen molar-refractivity contribution in [3.05, 3.63) is 33.1 Å². The van der Waals surface area contributed by atoms with Crippen LogP contribution in [0, 0.1) is 10.1 Å². The Hall–Kier alpha value is -1.73. The van der Waals surface area contributed by atoms with Gasteiger partial charge >= 0.3 is 5.69 Å². The highest BCUT2D eigenvalue weighted by atomic mass is 35.5. The van der Waals surface area contributed by atoms with Gasteiger partial charge in [0.2, 0.25) is 5.15 Å². The van der Waals surface area contributed by atoms with Crippen molar-refractivity contribution in [2.75, 3.05) is 6.54 Å². The molecule has 2 rings (SSSR count). The van der Waals surface area contributed by atoms with E-state index in [0.29, 0.717) is 12.8 Å².